The number of pyridine rings is 1. The van der Waals surface area contributed by atoms with Crippen molar-refractivity contribution in [3.05, 3.63) is 47.7 Å². The third-order valence-electron chi connectivity index (χ3n) is 6.41. The molecule has 2 N–H and O–H groups in total. The summed E-state index contributed by atoms with van der Waals surface area (Å²) in [5.41, 5.74) is 6.38. The van der Waals surface area contributed by atoms with Crippen LogP contribution in [0.4, 0.5) is 0 Å². The Kier molecular flexibility index (Phi) is 6.40. The van der Waals surface area contributed by atoms with Crippen LogP contribution in [0.2, 0.25) is 0 Å². The van der Waals surface area contributed by atoms with E-state index in [2.05, 4.69) is 58.3 Å². The summed E-state index contributed by atoms with van der Waals surface area (Å²) < 4.78 is 5.35. The molecule has 1 aromatic carbocycles. The zero-order valence-corrected chi connectivity index (χ0v) is 18.7. The smallest absolute Gasteiger partial charge is 0.213 e. The minimum atomic E-state index is 0.423. The summed E-state index contributed by atoms with van der Waals surface area (Å²) in [6, 6.07) is 11.1. The monoisotopic (exact) mass is 406 g/mol. The Morgan fingerprint density at radius 1 is 1.20 bits per heavy atom. The normalized spacial score (nSPS) is 15.9. The molecule has 5 heteroatoms. The fourth-order valence-electron chi connectivity index (χ4n) is 4.75. The van der Waals surface area contributed by atoms with Crippen LogP contribution in [-0.2, 0) is 0 Å². The molecule has 1 saturated heterocycles. The highest BCUT2D eigenvalue weighted by Crippen LogP contribution is 2.38. The summed E-state index contributed by atoms with van der Waals surface area (Å²) in [7, 11) is 3.69. The number of likely N-dealkylation sites (N-methyl/N-ethyl adjacent to an activating group) is 1. The number of piperidine rings is 1. The second-order valence-corrected chi connectivity index (χ2v) is 8.68. The Hall–Kier alpha value is -2.37. The highest BCUT2D eigenvalue weighted by molar-refractivity contribution is 5.92. The molecule has 0 bridgehead atoms. The van der Waals surface area contributed by atoms with Gasteiger partial charge in [0, 0.05) is 41.8 Å². The zero-order valence-electron chi connectivity index (χ0n) is 18.7. The van der Waals surface area contributed by atoms with Gasteiger partial charge in [0.1, 0.15) is 0 Å². The number of hydrogen-bond acceptors (Lipinski definition) is 4. The van der Waals surface area contributed by atoms with E-state index in [0.717, 1.165) is 18.7 Å². The Morgan fingerprint density at radius 2 is 2.00 bits per heavy atom. The van der Waals surface area contributed by atoms with Gasteiger partial charge in [0.25, 0.3) is 0 Å². The number of likely N-dealkylation sites (tertiary alicyclic amines) is 1. The molecule has 0 saturated carbocycles. The van der Waals surface area contributed by atoms with E-state index >= 15 is 0 Å². The Balaban J connectivity index is 1.65. The fraction of sp³-hybridized carbons (Fsp3) is 0.480. The first-order chi connectivity index (χ1) is 14.6. The summed E-state index contributed by atoms with van der Waals surface area (Å²) in [5.74, 6) is 1.72. The molecule has 0 atom stereocenters. The van der Waals surface area contributed by atoms with Crippen LogP contribution in [-0.4, -0.2) is 55.2 Å². The molecular weight excluding hydrogens is 372 g/mol. The molecular formula is C25H34N4O. The maximum absolute atomic E-state index is 5.35. The van der Waals surface area contributed by atoms with Crippen LogP contribution in [0.1, 0.15) is 49.7 Å². The van der Waals surface area contributed by atoms with Crippen molar-refractivity contribution in [1.82, 2.24) is 20.2 Å². The lowest BCUT2D eigenvalue weighted by molar-refractivity contribution is 0.214. The van der Waals surface area contributed by atoms with E-state index in [-0.39, 0.29) is 0 Å². The van der Waals surface area contributed by atoms with E-state index in [1.165, 1.54) is 53.7 Å². The van der Waals surface area contributed by atoms with Crippen molar-refractivity contribution in [2.75, 3.05) is 40.3 Å². The van der Waals surface area contributed by atoms with Gasteiger partial charge >= 0.3 is 0 Å². The first kappa shape index (κ1) is 20.9. The number of ether oxygens (including phenoxy) is 1. The van der Waals surface area contributed by atoms with E-state index in [1.807, 2.05) is 19.3 Å². The van der Waals surface area contributed by atoms with Crippen LogP contribution in [0, 0.1) is 0 Å². The van der Waals surface area contributed by atoms with Crippen molar-refractivity contribution < 1.29 is 4.74 Å². The fourth-order valence-corrected chi connectivity index (χ4v) is 4.75. The highest BCUT2D eigenvalue weighted by atomic mass is 16.5. The van der Waals surface area contributed by atoms with Crippen molar-refractivity contribution in [1.29, 1.82) is 0 Å². The molecule has 0 amide bonds. The number of benzene rings is 1. The van der Waals surface area contributed by atoms with E-state index in [0.29, 0.717) is 17.7 Å². The van der Waals surface area contributed by atoms with Crippen molar-refractivity contribution in [3.8, 4) is 17.1 Å². The highest BCUT2D eigenvalue weighted by Gasteiger charge is 2.22. The maximum atomic E-state index is 5.35. The maximum Gasteiger partial charge on any atom is 0.213 e. The SMILES string of the molecule is CNCCN1CCC(c2ccc3[nH]c(-c4ccnc(OC)c4)c(C(C)C)c3c2)CC1. The molecule has 3 aromatic rings. The summed E-state index contributed by atoms with van der Waals surface area (Å²) in [6.45, 7) is 9.15. The lowest BCUT2D eigenvalue weighted by Crippen LogP contribution is -2.37. The Labute approximate surface area is 179 Å². The summed E-state index contributed by atoms with van der Waals surface area (Å²) in [6.07, 6.45) is 4.30. The molecule has 2 aromatic heterocycles. The van der Waals surface area contributed by atoms with Gasteiger partial charge in [0.2, 0.25) is 5.88 Å². The molecule has 4 rings (SSSR count). The van der Waals surface area contributed by atoms with Gasteiger partial charge in [0.15, 0.2) is 0 Å². The molecule has 0 unspecified atom stereocenters. The minimum Gasteiger partial charge on any atom is -0.481 e. The van der Waals surface area contributed by atoms with Gasteiger partial charge in [-0.25, -0.2) is 4.98 Å². The number of aromatic amines is 1. The number of nitrogens with one attached hydrogen (secondary N) is 2. The average molecular weight is 407 g/mol. The number of hydrogen-bond donors (Lipinski definition) is 2. The van der Waals surface area contributed by atoms with Crippen LogP contribution in [0.25, 0.3) is 22.2 Å². The lowest BCUT2D eigenvalue weighted by atomic mass is 9.87. The summed E-state index contributed by atoms with van der Waals surface area (Å²) in [5, 5.41) is 4.61. The number of methoxy groups -OCH3 is 1. The van der Waals surface area contributed by atoms with Crippen molar-refractivity contribution >= 4 is 10.9 Å². The van der Waals surface area contributed by atoms with Gasteiger partial charge in [-0.2, -0.15) is 0 Å². The largest absolute Gasteiger partial charge is 0.481 e. The van der Waals surface area contributed by atoms with E-state index < -0.39 is 0 Å². The van der Waals surface area contributed by atoms with E-state index in [1.54, 1.807) is 7.11 Å². The second-order valence-electron chi connectivity index (χ2n) is 8.68. The molecule has 0 radical (unpaired) electrons. The molecule has 1 aliphatic heterocycles. The van der Waals surface area contributed by atoms with Crippen LogP contribution in [0.15, 0.2) is 36.5 Å². The van der Waals surface area contributed by atoms with Crippen LogP contribution in [0.5, 0.6) is 5.88 Å². The van der Waals surface area contributed by atoms with E-state index in [4.69, 9.17) is 4.74 Å². The van der Waals surface area contributed by atoms with Gasteiger partial charge in [-0.05, 0) is 74.1 Å². The lowest BCUT2D eigenvalue weighted by Gasteiger charge is -2.32. The van der Waals surface area contributed by atoms with Crippen molar-refractivity contribution in [2.24, 2.45) is 0 Å². The predicted octanol–water partition coefficient (Wildman–Crippen LogP) is 4.76. The van der Waals surface area contributed by atoms with Gasteiger partial charge in [-0.3, -0.25) is 0 Å². The third kappa shape index (κ3) is 4.23. The van der Waals surface area contributed by atoms with Crippen molar-refractivity contribution in [3.63, 3.8) is 0 Å². The van der Waals surface area contributed by atoms with Gasteiger partial charge in [0.05, 0.1) is 12.8 Å². The number of rotatable bonds is 7. The van der Waals surface area contributed by atoms with Gasteiger partial charge in [-0.1, -0.05) is 19.9 Å². The summed E-state index contributed by atoms with van der Waals surface area (Å²) >= 11 is 0. The molecule has 0 aliphatic carbocycles. The van der Waals surface area contributed by atoms with Gasteiger partial charge < -0.3 is 19.9 Å². The topological polar surface area (TPSA) is 53.2 Å². The van der Waals surface area contributed by atoms with Gasteiger partial charge in [-0.15, -0.1) is 0 Å². The number of aromatic nitrogens is 2. The molecule has 1 aliphatic rings. The van der Waals surface area contributed by atoms with Crippen molar-refractivity contribution in [2.45, 2.75) is 38.5 Å². The summed E-state index contributed by atoms with van der Waals surface area (Å²) in [4.78, 5) is 10.5. The van der Waals surface area contributed by atoms with Crippen LogP contribution < -0.4 is 10.1 Å². The third-order valence-corrected chi connectivity index (χ3v) is 6.41. The first-order valence-corrected chi connectivity index (χ1v) is 11.1. The second kappa shape index (κ2) is 9.19. The molecule has 0 spiro atoms. The molecule has 30 heavy (non-hydrogen) atoms. The minimum absolute atomic E-state index is 0.423. The standard InChI is InChI=1S/C25H34N4O/c1-17(2)24-21-15-19(18-8-12-29(13-9-18)14-11-26-3)5-6-22(21)28-25(24)20-7-10-27-23(16-20)30-4/h5-7,10,15-18,26,28H,8-9,11-14H2,1-4H3. The molecule has 3 heterocycles. The Bertz CT molecular complexity index is 986. The predicted molar refractivity (Wildman–Crippen MR) is 125 cm³/mol. The number of fused-ring (bicyclic) bond motifs is 1. The number of H-pyrrole nitrogens is 1. The quantitative estimate of drug-likeness (QED) is 0.594. The molecule has 5 nitrogen and oxygen atoms in total. The molecule has 160 valence electrons. The van der Waals surface area contributed by atoms with E-state index in [9.17, 15) is 0 Å². The number of nitrogens with zero attached hydrogens (tertiary/aromatic N) is 2. The van der Waals surface area contributed by atoms with Crippen LogP contribution in [0.3, 0.4) is 0 Å². The Morgan fingerprint density at radius 3 is 2.70 bits per heavy atom. The van der Waals surface area contributed by atoms with Crippen LogP contribution >= 0.6 is 0 Å². The average Bonchev–Trinajstić information content (AvgIpc) is 3.17. The first-order valence-electron chi connectivity index (χ1n) is 11.1. The molecule has 1 fully saturated rings. The zero-order chi connectivity index (χ0) is 21.1.